The Bertz CT molecular complexity index is 972. The van der Waals surface area contributed by atoms with E-state index in [1.807, 2.05) is 36.4 Å². The van der Waals surface area contributed by atoms with Gasteiger partial charge in [-0.05, 0) is 47.9 Å². The number of sulfonamides is 1. The lowest BCUT2D eigenvalue weighted by molar-refractivity contribution is 0.462. The standard InChI is InChI=1S/C21H22N2O3S/c1-2-6-17-10-12-20(13-11-17)27(24,25)23-16-18-7-5-8-19(15-18)26-21-9-3-4-14-22-21/h3-5,7-15,23H,2,6,16H2,1H3. The molecule has 0 atom stereocenters. The molecule has 0 radical (unpaired) electrons. The molecule has 2 aromatic carbocycles. The number of nitrogens with zero attached hydrogens (tertiary/aromatic N) is 1. The average Bonchev–Trinajstić information content (AvgIpc) is 2.68. The van der Waals surface area contributed by atoms with E-state index < -0.39 is 10.0 Å². The van der Waals surface area contributed by atoms with Crippen LogP contribution in [0.1, 0.15) is 24.5 Å². The van der Waals surface area contributed by atoms with Crippen LogP contribution in [0.4, 0.5) is 0 Å². The zero-order chi connectivity index (χ0) is 19.1. The Morgan fingerprint density at radius 2 is 1.78 bits per heavy atom. The van der Waals surface area contributed by atoms with Gasteiger partial charge in [0.05, 0.1) is 4.90 Å². The monoisotopic (exact) mass is 382 g/mol. The predicted molar refractivity (Wildman–Crippen MR) is 105 cm³/mol. The largest absolute Gasteiger partial charge is 0.439 e. The molecule has 0 saturated carbocycles. The van der Waals surface area contributed by atoms with Crippen molar-refractivity contribution >= 4 is 10.0 Å². The molecule has 1 N–H and O–H groups in total. The molecule has 0 aliphatic heterocycles. The van der Waals surface area contributed by atoms with E-state index >= 15 is 0 Å². The summed E-state index contributed by atoms with van der Waals surface area (Å²) >= 11 is 0. The molecule has 1 heterocycles. The van der Waals surface area contributed by atoms with E-state index in [4.69, 9.17) is 4.74 Å². The van der Waals surface area contributed by atoms with Crippen LogP contribution < -0.4 is 9.46 Å². The van der Waals surface area contributed by atoms with Crippen molar-refractivity contribution in [3.63, 3.8) is 0 Å². The van der Waals surface area contributed by atoms with Gasteiger partial charge < -0.3 is 4.74 Å². The summed E-state index contributed by atoms with van der Waals surface area (Å²) in [6, 6.07) is 19.7. The van der Waals surface area contributed by atoms with Gasteiger partial charge in [0.2, 0.25) is 15.9 Å². The molecular formula is C21H22N2O3S. The molecule has 0 fully saturated rings. The molecule has 0 aliphatic rings. The van der Waals surface area contributed by atoms with E-state index in [1.165, 1.54) is 0 Å². The number of pyridine rings is 1. The molecule has 0 amide bonds. The van der Waals surface area contributed by atoms with Gasteiger partial charge in [0.15, 0.2) is 0 Å². The van der Waals surface area contributed by atoms with E-state index in [2.05, 4.69) is 16.6 Å². The second kappa shape index (κ2) is 8.79. The smallest absolute Gasteiger partial charge is 0.240 e. The first-order valence-electron chi connectivity index (χ1n) is 8.83. The van der Waals surface area contributed by atoms with Crippen molar-refractivity contribution < 1.29 is 13.2 Å². The van der Waals surface area contributed by atoms with Crippen LogP contribution in [0.3, 0.4) is 0 Å². The summed E-state index contributed by atoms with van der Waals surface area (Å²) in [4.78, 5) is 4.38. The van der Waals surface area contributed by atoms with E-state index in [9.17, 15) is 8.42 Å². The minimum Gasteiger partial charge on any atom is -0.439 e. The molecule has 0 aliphatic carbocycles. The average molecular weight is 382 g/mol. The Labute approximate surface area is 160 Å². The highest BCUT2D eigenvalue weighted by atomic mass is 32.2. The van der Waals surface area contributed by atoms with Gasteiger partial charge >= 0.3 is 0 Å². The van der Waals surface area contributed by atoms with Crippen LogP contribution in [0.2, 0.25) is 0 Å². The van der Waals surface area contributed by atoms with Crippen LogP contribution in [0.5, 0.6) is 11.6 Å². The number of nitrogens with one attached hydrogen (secondary N) is 1. The lowest BCUT2D eigenvalue weighted by Crippen LogP contribution is -2.23. The third kappa shape index (κ3) is 5.39. The molecule has 0 spiro atoms. The van der Waals surface area contributed by atoms with E-state index in [0.29, 0.717) is 11.6 Å². The summed E-state index contributed by atoms with van der Waals surface area (Å²) < 4.78 is 33.3. The van der Waals surface area contributed by atoms with Gasteiger partial charge in [-0.1, -0.05) is 43.7 Å². The molecule has 0 saturated heterocycles. The maximum atomic E-state index is 12.5. The maximum absolute atomic E-state index is 12.5. The third-order valence-corrected chi connectivity index (χ3v) is 5.41. The summed E-state index contributed by atoms with van der Waals surface area (Å²) in [5.74, 6) is 1.09. The van der Waals surface area contributed by atoms with Crippen LogP contribution >= 0.6 is 0 Å². The number of hydrogen-bond acceptors (Lipinski definition) is 4. The zero-order valence-corrected chi connectivity index (χ0v) is 15.9. The van der Waals surface area contributed by atoms with Gasteiger partial charge in [0.1, 0.15) is 5.75 Å². The molecule has 27 heavy (non-hydrogen) atoms. The molecule has 1 aromatic heterocycles. The normalized spacial score (nSPS) is 11.3. The number of rotatable bonds is 8. The van der Waals surface area contributed by atoms with Crippen molar-refractivity contribution in [2.45, 2.75) is 31.2 Å². The Kier molecular flexibility index (Phi) is 6.21. The second-order valence-electron chi connectivity index (χ2n) is 6.14. The molecule has 5 nitrogen and oxygen atoms in total. The minimum absolute atomic E-state index is 0.179. The van der Waals surface area contributed by atoms with Gasteiger partial charge in [-0.2, -0.15) is 0 Å². The molecule has 140 valence electrons. The van der Waals surface area contributed by atoms with Gasteiger partial charge in [0, 0.05) is 18.8 Å². The summed E-state index contributed by atoms with van der Waals surface area (Å²) in [5, 5.41) is 0. The Hall–Kier alpha value is -2.70. The fourth-order valence-corrected chi connectivity index (χ4v) is 3.65. The number of hydrogen-bond donors (Lipinski definition) is 1. The van der Waals surface area contributed by atoms with Gasteiger partial charge in [-0.3, -0.25) is 0 Å². The van der Waals surface area contributed by atoms with Gasteiger partial charge in [-0.25, -0.2) is 18.1 Å². The fourth-order valence-electron chi connectivity index (χ4n) is 2.63. The first kappa shape index (κ1) is 19.1. The fraction of sp³-hybridized carbons (Fsp3) is 0.190. The Morgan fingerprint density at radius 1 is 0.963 bits per heavy atom. The van der Waals surface area contributed by atoms with Crippen LogP contribution in [-0.2, 0) is 23.0 Å². The number of benzene rings is 2. The third-order valence-electron chi connectivity index (χ3n) is 4.00. The minimum atomic E-state index is -3.57. The number of ether oxygens (including phenoxy) is 1. The SMILES string of the molecule is CCCc1ccc(S(=O)(=O)NCc2cccc(Oc3ccccn3)c2)cc1. The van der Waals surface area contributed by atoms with Crippen molar-refractivity contribution in [1.29, 1.82) is 0 Å². The lowest BCUT2D eigenvalue weighted by atomic mass is 10.1. The van der Waals surface area contributed by atoms with Crippen LogP contribution in [0.15, 0.2) is 77.8 Å². The maximum Gasteiger partial charge on any atom is 0.240 e. The second-order valence-corrected chi connectivity index (χ2v) is 7.90. The quantitative estimate of drug-likeness (QED) is 0.630. The predicted octanol–water partition coefficient (Wildman–Crippen LogP) is 4.30. The Balaban J connectivity index is 1.66. The lowest BCUT2D eigenvalue weighted by Gasteiger charge is -2.09. The molecule has 6 heteroatoms. The van der Waals surface area contributed by atoms with Crippen LogP contribution in [-0.4, -0.2) is 13.4 Å². The van der Waals surface area contributed by atoms with Crippen molar-refractivity contribution in [1.82, 2.24) is 9.71 Å². The highest BCUT2D eigenvalue weighted by Crippen LogP contribution is 2.20. The highest BCUT2D eigenvalue weighted by Gasteiger charge is 2.13. The van der Waals surface area contributed by atoms with Crippen molar-refractivity contribution in [2.24, 2.45) is 0 Å². The first-order valence-corrected chi connectivity index (χ1v) is 10.3. The topological polar surface area (TPSA) is 68.3 Å². The molecule has 0 bridgehead atoms. The van der Waals surface area contributed by atoms with Gasteiger partial charge in [0.25, 0.3) is 0 Å². The number of aryl methyl sites for hydroxylation is 1. The molecule has 3 aromatic rings. The van der Waals surface area contributed by atoms with Crippen LogP contribution in [0.25, 0.3) is 0 Å². The summed E-state index contributed by atoms with van der Waals surface area (Å²) in [7, 11) is -3.57. The summed E-state index contributed by atoms with van der Waals surface area (Å²) in [6.45, 7) is 2.27. The number of aromatic nitrogens is 1. The zero-order valence-electron chi connectivity index (χ0n) is 15.1. The molecular weight excluding hydrogens is 360 g/mol. The summed E-state index contributed by atoms with van der Waals surface area (Å²) in [6.07, 6.45) is 3.62. The highest BCUT2D eigenvalue weighted by molar-refractivity contribution is 7.89. The van der Waals surface area contributed by atoms with Crippen molar-refractivity contribution in [3.8, 4) is 11.6 Å². The van der Waals surface area contributed by atoms with Crippen molar-refractivity contribution in [2.75, 3.05) is 0 Å². The molecule has 3 rings (SSSR count). The first-order chi connectivity index (χ1) is 13.1. The van der Waals surface area contributed by atoms with E-state index in [0.717, 1.165) is 24.0 Å². The van der Waals surface area contributed by atoms with Gasteiger partial charge in [-0.15, -0.1) is 0 Å². The van der Waals surface area contributed by atoms with E-state index in [-0.39, 0.29) is 11.4 Å². The van der Waals surface area contributed by atoms with Crippen molar-refractivity contribution in [3.05, 3.63) is 84.1 Å². The Morgan fingerprint density at radius 3 is 2.48 bits per heavy atom. The molecule has 0 unspecified atom stereocenters. The van der Waals surface area contributed by atoms with E-state index in [1.54, 1.807) is 36.5 Å². The van der Waals surface area contributed by atoms with Crippen LogP contribution in [0, 0.1) is 0 Å². The summed E-state index contributed by atoms with van der Waals surface area (Å²) in [5.41, 5.74) is 1.94.